The Balaban J connectivity index is 1.91. The van der Waals surface area contributed by atoms with E-state index in [0.717, 1.165) is 11.3 Å². The fourth-order valence-corrected chi connectivity index (χ4v) is 3.04. The number of hydrogen-bond donors (Lipinski definition) is 1. The molecule has 0 unspecified atom stereocenters. The Bertz CT molecular complexity index is 988. The lowest BCUT2D eigenvalue weighted by Gasteiger charge is -2.24. The van der Waals surface area contributed by atoms with Crippen molar-refractivity contribution in [1.82, 2.24) is 0 Å². The summed E-state index contributed by atoms with van der Waals surface area (Å²) in [5.41, 5.74) is 2.54. The standard InChI is InChI=1S/C25H26N2O3/c1-27(20-12-8-5-9-13-20)25(28)23(16-14-19-10-6-4-7-11-19)26-22-17-15-21(29-2)18-24(22)30-3/h4-18,23,26H,1-3H3/b16-14+/t23-/m0/s1. The van der Waals surface area contributed by atoms with Gasteiger partial charge in [-0.2, -0.15) is 0 Å². The Morgan fingerprint density at radius 3 is 2.23 bits per heavy atom. The first-order valence-electron chi connectivity index (χ1n) is 9.67. The maximum Gasteiger partial charge on any atom is 0.253 e. The van der Waals surface area contributed by atoms with E-state index in [1.807, 2.05) is 84.9 Å². The number of amides is 1. The third kappa shape index (κ3) is 5.20. The Hall–Kier alpha value is -3.73. The van der Waals surface area contributed by atoms with Crippen molar-refractivity contribution in [1.29, 1.82) is 0 Å². The molecule has 0 fully saturated rings. The Labute approximate surface area is 177 Å². The molecule has 3 aromatic rings. The summed E-state index contributed by atoms with van der Waals surface area (Å²) in [6, 6.07) is 24.3. The number of ether oxygens (including phenoxy) is 2. The number of likely N-dealkylation sites (N-methyl/N-ethyl adjacent to an activating group) is 1. The van der Waals surface area contributed by atoms with Crippen molar-refractivity contribution in [2.45, 2.75) is 6.04 Å². The summed E-state index contributed by atoms with van der Waals surface area (Å²) in [6.07, 6.45) is 3.80. The molecule has 0 radical (unpaired) electrons. The summed E-state index contributed by atoms with van der Waals surface area (Å²) in [7, 11) is 4.96. The quantitative estimate of drug-likeness (QED) is 0.585. The van der Waals surface area contributed by atoms with Gasteiger partial charge in [0.15, 0.2) is 0 Å². The van der Waals surface area contributed by atoms with Crippen molar-refractivity contribution < 1.29 is 14.3 Å². The fourth-order valence-electron chi connectivity index (χ4n) is 3.04. The Kier molecular flexibility index (Phi) is 7.11. The third-order valence-corrected chi connectivity index (χ3v) is 4.74. The number of methoxy groups -OCH3 is 2. The molecule has 0 bridgehead atoms. The van der Waals surface area contributed by atoms with Gasteiger partial charge in [-0.3, -0.25) is 4.79 Å². The highest BCUT2D eigenvalue weighted by Crippen LogP contribution is 2.30. The first-order valence-corrected chi connectivity index (χ1v) is 9.67. The topological polar surface area (TPSA) is 50.8 Å². The number of carbonyl (C=O) groups is 1. The molecule has 0 aromatic heterocycles. The Morgan fingerprint density at radius 2 is 1.60 bits per heavy atom. The molecule has 1 N–H and O–H groups in total. The van der Waals surface area contributed by atoms with Crippen molar-refractivity contribution in [3.63, 3.8) is 0 Å². The van der Waals surface area contributed by atoms with E-state index in [2.05, 4.69) is 5.32 Å². The maximum atomic E-state index is 13.3. The molecule has 0 spiro atoms. The van der Waals surface area contributed by atoms with E-state index in [4.69, 9.17) is 9.47 Å². The van der Waals surface area contributed by atoms with Gasteiger partial charge in [-0.1, -0.05) is 60.7 Å². The highest BCUT2D eigenvalue weighted by molar-refractivity contribution is 6.00. The van der Waals surface area contributed by atoms with Crippen LogP contribution < -0.4 is 19.7 Å². The number of hydrogen-bond acceptors (Lipinski definition) is 4. The number of nitrogens with zero attached hydrogens (tertiary/aromatic N) is 1. The number of para-hydroxylation sites is 1. The average molecular weight is 402 g/mol. The largest absolute Gasteiger partial charge is 0.497 e. The highest BCUT2D eigenvalue weighted by atomic mass is 16.5. The summed E-state index contributed by atoms with van der Waals surface area (Å²) in [5, 5.41) is 3.31. The van der Waals surface area contributed by atoms with E-state index in [-0.39, 0.29) is 5.91 Å². The van der Waals surface area contributed by atoms with Crippen LogP contribution in [0.3, 0.4) is 0 Å². The minimum absolute atomic E-state index is 0.0914. The van der Waals surface area contributed by atoms with Crippen LogP contribution >= 0.6 is 0 Å². The van der Waals surface area contributed by atoms with Crippen molar-refractivity contribution in [3.8, 4) is 11.5 Å². The first kappa shape index (κ1) is 21.0. The zero-order chi connectivity index (χ0) is 21.3. The van der Waals surface area contributed by atoms with E-state index >= 15 is 0 Å². The van der Waals surface area contributed by atoms with E-state index in [9.17, 15) is 4.79 Å². The van der Waals surface area contributed by atoms with Crippen LogP contribution in [0.1, 0.15) is 5.56 Å². The van der Waals surface area contributed by atoms with E-state index in [1.54, 1.807) is 32.2 Å². The highest BCUT2D eigenvalue weighted by Gasteiger charge is 2.22. The molecule has 0 saturated heterocycles. The van der Waals surface area contributed by atoms with Gasteiger partial charge in [0.2, 0.25) is 0 Å². The van der Waals surface area contributed by atoms with Gasteiger partial charge in [-0.15, -0.1) is 0 Å². The molecule has 0 heterocycles. The van der Waals surface area contributed by atoms with Crippen molar-refractivity contribution in [2.75, 3.05) is 31.5 Å². The lowest BCUT2D eigenvalue weighted by molar-refractivity contribution is -0.118. The first-order chi connectivity index (χ1) is 14.6. The summed E-state index contributed by atoms with van der Waals surface area (Å²) < 4.78 is 10.8. The van der Waals surface area contributed by atoms with Gasteiger partial charge in [0.1, 0.15) is 17.5 Å². The molecule has 0 aliphatic carbocycles. The van der Waals surface area contributed by atoms with Crippen LogP contribution in [-0.4, -0.2) is 33.2 Å². The molecule has 3 aromatic carbocycles. The molecule has 0 saturated carbocycles. The monoisotopic (exact) mass is 402 g/mol. The molecule has 5 heteroatoms. The van der Waals surface area contributed by atoms with Gasteiger partial charge in [0.25, 0.3) is 5.91 Å². The van der Waals surface area contributed by atoms with Crippen LogP contribution in [0, 0.1) is 0 Å². The van der Waals surface area contributed by atoms with Crippen LogP contribution in [0.25, 0.3) is 6.08 Å². The summed E-state index contributed by atoms with van der Waals surface area (Å²) in [5.74, 6) is 1.19. The van der Waals surface area contributed by atoms with E-state index < -0.39 is 6.04 Å². The molecule has 3 rings (SSSR count). The van der Waals surface area contributed by atoms with E-state index in [0.29, 0.717) is 17.2 Å². The summed E-state index contributed by atoms with van der Waals surface area (Å²) >= 11 is 0. The minimum atomic E-state index is -0.599. The maximum absolute atomic E-state index is 13.3. The molecule has 1 amide bonds. The van der Waals surface area contributed by atoms with Crippen LogP contribution in [0.15, 0.2) is 84.9 Å². The van der Waals surface area contributed by atoms with Crippen molar-refractivity contribution in [2.24, 2.45) is 0 Å². The molecule has 1 atom stereocenters. The predicted octanol–water partition coefficient (Wildman–Crippen LogP) is 4.86. The molecular formula is C25H26N2O3. The number of nitrogens with one attached hydrogen (secondary N) is 1. The van der Waals surface area contributed by atoms with Crippen molar-refractivity contribution in [3.05, 3.63) is 90.5 Å². The summed E-state index contributed by atoms with van der Waals surface area (Å²) in [4.78, 5) is 15.0. The van der Waals surface area contributed by atoms with E-state index in [1.165, 1.54) is 0 Å². The van der Waals surface area contributed by atoms with Gasteiger partial charge in [-0.25, -0.2) is 0 Å². The molecule has 5 nitrogen and oxygen atoms in total. The average Bonchev–Trinajstić information content (AvgIpc) is 2.82. The smallest absolute Gasteiger partial charge is 0.253 e. The van der Waals surface area contributed by atoms with Crippen LogP contribution in [-0.2, 0) is 4.79 Å². The number of carbonyl (C=O) groups excluding carboxylic acids is 1. The molecule has 0 aliphatic rings. The molecular weight excluding hydrogens is 376 g/mol. The fraction of sp³-hybridized carbons (Fsp3) is 0.160. The lowest BCUT2D eigenvalue weighted by atomic mass is 10.1. The third-order valence-electron chi connectivity index (χ3n) is 4.74. The van der Waals surface area contributed by atoms with Gasteiger partial charge in [0.05, 0.1) is 19.9 Å². The molecule has 30 heavy (non-hydrogen) atoms. The Morgan fingerprint density at radius 1 is 0.933 bits per heavy atom. The van der Waals surface area contributed by atoms with Crippen molar-refractivity contribution >= 4 is 23.4 Å². The predicted molar refractivity (Wildman–Crippen MR) is 122 cm³/mol. The minimum Gasteiger partial charge on any atom is -0.497 e. The molecule has 154 valence electrons. The second kappa shape index (κ2) is 10.2. The molecule has 0 aliphatic heterocycles. The van der Waals surface area contributed by atoms with Gasteiger partial charge < -0.3 is 19.7 Å². The SMILES string of the molecule is COc1ccc(N[C@@H](/C=C/c2ccccc2)C(=O)N(C)c2ccccc2)c(OC)c1. The van der Waals surface area contributed by atoms with Crippen LogP contribution in [0.2, 0.25) is 0 Å². The number of anilines is 2. The van der Waals surface area contributed by atoms with Gasteiger partial charge in [0, 0.05) is 18.8 Å². The normalized spacial score (nSPS) is 11.7. The second-order valence-electron chi connectivity index (χ2n) is 6.69. The zero-order valence-corrected chi connectivity index (χ0v) is 17.4. The second-order valence-corrected chi connectivity index (χ2v) is 6.69. The van der Waals surface area contributed by atoms with Crippen LogP contribution in [0.5, 0.6) is 11.5 Å². The zero-order valence-electron chi connectivity index (χ0n) is 17.4. The van der Waals surface area contributed by atoms with Gasteiger partial charge >= 0.3 is 0 Å². The lowest BCUT2D eigenvalue weighted by Crippen LogP contribution is -2.40. The number of benzene rings is 3. The van der Waals surface area contributed by atoms with Gasteiger partial charge in [-0.05, 0) is 29.8 Å². The number of rotatable bonds is 8. The van der Waals surface area contributed by atoms with Crippen LogP contribution in [0.4, 0.5) is 11.4 Å². The summed E-state index contributed by atoms with van der Waals surface area (Å²) in [6.45, 7) is 0.